The average Bonchev–Trinajstić information content (AvgIpc) is 2.71. The molecule has 0 saturated heterocycles. The third-order valence-corrected chi connectivity index (χ3v) is 3.34. The molecule has 1 atom stereocenters. The fraction of sp³-hybridized carbons (Fsp3) is 0.636. The molecule has 0 radical (unpaired) electrons. The summed E-state index contributed by atoms with van der Waals surface area (Å²) in [7, 11) is 3.28. The van der Waals surface area contributed by atoms with Gasteiger partial charge in [-0.3, -0.25) is 4.79 Å². The van der Waals surface area contributed by atoms with Crippen LogP contribution in [-0.4, -0.2) is 49.1 Å². The second kappa shape index (κ2) is 6.68. The molecule has 1 aromatic rings. The number of nitrogens with zero attached hydrogens (tertiary/aromatic N) is 2. The van der Waals surface area contributed by atoms with Gasteiger partial charge in [0.05, 0.1) is 11.6 Å². The summed E-state index contributed by atoms with van der Waals surface area (Å²) in [4.78, 5) is 18.8. The van der Waals surface area contributed by atoms with Crippen LogP contribution in [0.2, 0.25) is 0 Å². The highest BCUT2D eigenvalue weighted by molar-refractivity contribution is 7.11. The van der Waals surface area contributed by atoms with Crippen LogP contribution >= 0.6 is 11.3 Å². The summed E-state index contributed by atoms with van der Waals surface area (Å²) in [6.45, 7) is 2.90. The maximum Gasteiger partial charge on any atom is 0.241 e. The fourth-order valence-electron chi connectivity index (χ4n) is 1.42. The Kier molecular flexibility index (Phi) is 5.54. The van der Waals surface area contributed by atoms with Crippen LogP contribution in [-0.2, 0) is 16.0 Å². The van der Waals surface area contributed by atoms with E-state index in [9.17, 15) is 4.79 Å². The number of ether oxygens (including phenoxy) is 1. The molecule has 1 rings (SSSR count). The maximum absolute atomic E-state index is 11.8. The number of methoxy groups -OCH3 is 1. The van der Waals surface area contributed by atoms with Crippen molar-refractivity contribution in [2.45, 2.75) is 19.4 Å². The van der Waals surface area contributed by atoms with Crippen molar-refractivity contribution >= 4 is 17.2 Å². The van der Waals surface area contributed by atoms with E-state index in [0.717, 1.165) is 11.4 Å². The van der Waals surface area contributed by atoms with E-state index in [-0.39, 0.29) is 12.5 Å². The van der Waals surface area contributed by atoms with Crippen molar-refractivity contribution in [3.8, 4) is 0 Å². The van der Waals surface area contributed by atoms with Gasteiger partial charge in [0.2, 0.25) is 5.91 Å². The second-order valence-electron chi connectivity index (χ2n) is 3.94. The number of aromatic nitrogens is 1. The zero-order valence-corrected chi connectivity index (χ0v) is 11.3. The molecule has 0 spiro atoms. The molecule has 0 aliphatic carbocycles. The van der Waals surface area contributed by atoms with Crippen molar-refractivity contribution in [1.29, 1.82) is 0 Å². The van der Waals surface area contributed by atoms with Crippen LogP contribution in [0.15, 0.2) is 6.20 Å². The lowest BCUT2D eigenvalue weighted by atomic mass is 10.3. The first-order valence-electron chi connectivity index (χ1n) is 5.45. The first kappa shape index (κ1) is 14.1. The van der Waals surface area contributed by atoms with Crippen molar-refractivity contribution < 1.29 is 9.53 Å². The van der Waals surface area contributed by atoms with E-state index < -0.39 is 6.04 Å². The summed E-state index contributed by atoms with van der Waals surface area (Å²) in [5.41, 5.74) is 5.67. The summed E-state index contributed by atoms with van der Waals surface area (Å²) >= 11 is 1.66. The number of aryl methyl sites for hydroxylation is 1. The SMILES string of the molecule is COCC(N)C(=O)N(C)CCc1ncc(C)s1. The summed E-state index contributed by atoms with van der Waals surface area (Å²) in [6.07, 6.45) is 2.61. The Labute approximate surface area is 106 Å². The zero-order chi connectivity index (χ0) is 12.8. The molecular formula is C11H19N3O2S. The number of hydrogen-bond donors (Lipinski definition) is 1. The Morgan fingerprint density at radius 3 is 2.94 bits per heavy atom. The molecule has 17 heavy (non-hydrogen) atoms. The standard InChI is InChI=1S/C11H19N3O2S/c1-8-6-13-10(17-8)4-5-14(2)11(15)9(12)7-16-3/h6,9H,4-5,7,12H2,1-3H3. The van der Waals surface area contributed by atoms with Gasteiger partial charge in [0, 0.05) is 38.2 Å². The number of amides is 1. The molecule has 1 heterocycles. The van der Waals surface area contributed by atoms with Gasteiger partial charge in [-0.2, -0.15) is 0 Å². The molecular weight excluding hydrogens is 238 g/mol. The van der Waals surface area contributed by atoms with Gasteiger partial charge in [-0.05, 0) is 6.92 Å². The number of thiazole rings is 1. The van der Waals surface area contributed by atoms with Crippen molar-refractivity contribution in [2.24, 2.45) is 5.73 Å². The van der Waals surface area contributed by atoms with E-state index in [0.29, 0.717) is 6.54 Å². The Morgan fingerprint density at radius 1 is 1.71 bits per heavy atom. The Hall–Kier alpha value is -0.980. The van der Waals surface area contributed by atoms with Crippen LogP contribution in [0.5, 0.6) is 0 Å². The van der Waals surface area contributed by atoms with Crippen molar-refractivity contribution in [1.82, 2.24) is 9.88 Å². The van der Waals surface area contributed by atoms with E-state index in [1.165, 1.54) is 12.0 Å². The number of carbonyl (C=O) groups is 1. The lowest BCUT2D eigenvalue weighted by molar-refractivity contribution is -0.132. The van der Waals surface area contributed by atoms with Crippen LogP contribution in [0.3, 0.4) is 0 Å². The Bertz CT molecular complexity index is 367. The van der Waals surface area contributed by atoms with Gasteiger partial charge in [0.15, 0.2) is 0 Å². The van der Waals surface area contributed by atoms with Gasteiger partial charge in [-0.25, -0.2) is 4.98 Å². The van der Waals surface area contributed by atoms with Crippen molar-refractivity contribution in [2.75, 3.05) is 27.3 Å². The summed E-state index contributed by atoms with van der Waals surface area (Å²) in [5, 5.41) is 1.04. The number of hydrogen-bond acceptors (Lipinski definition) is 5. The minimum atomic E-state index is -0.581. The molecule has 5 nitrogen and oxygen atoms in total. The highest BCUT2D eigenvalue weighted by atomic mass is 32.1. The van der Waals surface area contributed by atoms with Gasteiger partial charge in [0.25, 0.3) is 0 Å². The van der Waals surface area contributed by atoms with E-state index >= 15 is 0 Å². The highest BCUT2D eigenvalue weighted by Crippen LogP contribution is 2.11. The molecule has 0 aliphatic heterocycles. The van der Waals surface area contributed by atoms with Gasteiger partial charge < -0.3 is 15.4 Å². The number of carbonyl (C=O) groups excluding carboxylic acids is 1. The second-order valence-corrected chi connectivity index (χ2v) is 5.26. The Morgan fingerprint density at radius 2 is 2.41 bits per heavy atom. The molecule has 96 valence electrons. The third-order valence-electron chi connectivity index (χ3n) is 2.37. The summed E-state index contributed by atoms with van der Waals surface area (Å²) in [6, 6.07) is -0.581. The van der Waals surface area contributed by atoms with Crippen molar-refractivity contribution in [3.05, 3.63) is 16.1 Å². The quantitative estimate of drug-likeness (QED) is 0.802. The molecule has 0 bridgehead atoms. The largest absolute Gasteiger partial charge is 0.383 e. The number of nitrogens with two attached hydrogens (primary N) is 1. The van der Waals surface area contributed by atoms with Crippen LogP contribution in [0, 0.1) is 6.92 Å². The van der Waals surface area contributed by atoms with Crippen LogP contribution in [0.4, 0.5) is 0 Å². The molecule has 0 fully saturated rings. The maximum atomic E-state index is 11.8. The minimum absolute atomic E-state index is 0.0971. The van der Waals surface area contributed by atoms with Gasteiger partial charge >= 0.3 is 0 Å². The normalized spacial score (nSPS) is 12.5. The molecule has 6 heteroatoms. The van der Waals surface area contributed by atoms with Crippen LogP contribution in [0.1, 0.15) is 9.88 Å². The van der Waals surface area contributed by atoms with Crippen molar-refractivity contribution in [3.63, 3.8) is 0 Å². The molecule has 1 amide bonds. The summed E-state index contributed by atoms with van der Waals surface area (Å²) in [5.74, 6) is -0.0971. The fourth-order valence-corrected chi connectivity index (χ4v) is 2.20. The monoisotopic (exact) mass is 257 g/mol. The first-order valence-corrected chi connectivity index (χ1v) is 6.27. The van der Waals surface area contributed by atoms with Crippen LogP contribution in [0.25, 0.3) is 0 Å². The van der Waals surface area contributed by atoms with Gasteiger partial charge in [-0.1, -0.05) is 0 Å². The van der Waals surface area contributed by atoms with E-state index in [1.54, 1.807) is 23.3 Å². The zero-order valence-electron chi connectivity index (χ0n) is 10.5. The minimum Gasteiger partial charge on any atom is -0.383 e. The molecule has 1 aromatic heterocycles. The predicted molar refractivity (Wildman–Crippen MR) is 68.0 cm³/mol. The van der Waals surface area contributed by atoms with Gasteiger partial charge in [0.1, 0.15) is 6.04 Å². The lowest BCUT2D eigenvalue weighted by Crippen LogP contribution is -2.45. The van der Waals surface area contributed by atoms with Crippen LogP contribution < -0.4 is 5.73 Å². The van der Waals surface area contributed by atoms with E-state index in [2.05, 4.69) is 4.98 Å². The smallest absolute Gasteiger partial charge is 0.241 e. The van der Waals surface area contributed by atoms with Gasteiger partial charge in [-0.15, -0.1) is 11.3 Å². The summed E-state index contributed by atoms with van der Waals surface area (Å²) < 4.78 is 4.86. The molecule has 0 aliphatic rings. The van der Waals surface area contributed by atoms with E-state index in [4.69, 9.17) is 10.5 Å². The molecule has 1 unspecified atom stereocenters. The van der Waals surface area contributed by atoms with E-state index in [1.807, 2.05) is 13.1 Å². The number of rotatable bonds is 6. The molecule has 2 N–H and O–H groups in total. The Balaban J connectivity index is 2.38. The first-order chi connectivity index (χ1) is 8.04. The average molecular weight is 257 g/mol. The molecule has 0 aromatic carbocycles. The third kappa shape index (κ3) is 4.41. The molecule has 0 saturated carbocycles. The highest BCUT2D eigenvalue weighted by Gasteiger charge is 2.17. The topological polar surface area (TPSA) is 68.5 Å². The lowest BCUT2D eigenvalue weighted by Gasteiger charge is -2.20. The number of likely N-dealkylation sites (N-methyl/N-ethyl adjacent to an activating group) is 1. The predicted octanol–water partition coefficient (Wildman–Crippen LogP) is 0.426.